The summed E-state index contributed by atoms with van der Waals surface area (Å²) >= 11 is 5.05. The summed E-state index contributed by atoms with van der Waals surface area (Å²) in [4.78, 5) is 13.9. The Labute approximate surface area is 116 Å². The lowest BCUT2D eigenvalue weighted by Gasteiger charge is -2.07. The highest BCUT2D eigenvalue weighted by Gasteiger charge is 2.07. The fourth-order valence-electron chi connectivity index (χ4n) is 1.86. The van der Waals surface area contributed by atoms with Crippen LogP contribution in [0.4, 0.5) is 0 Å². The van der Waals surface area contributed by atoms with Gasteiger partial charge in [0.1, 0.15) is 4.64 Å². The van der Waals surface area contributed by atoms with E-state index in [2.05, 4.69) is 31.0 Å². The number of hydrogen-bond acceptors (Lipinski definition) is 2. The van der Waals surface area contributed by atoms with E-state index < -0.39 is 5.97 Å². The molecular formula is C15H15NO2S. The molecule has 1 aromatic carbocycles. The summed E-state index contributed by atoms with van der Waals surface area (Å²) in [6.45, 7) is 4.29. The summed E-state index contributed by atoms with van der Waals surface area (Å²) in [5.74, 6) is -0.523. The predicted octanol–water partition coefficient (Wildman–Crippen LogP) is 4.23. The predicted molar refractivity (Wildman–Crippen MR) is 78.1 cm³/mol. The third-order valence-electron chi connectivity index (χ3n) is 3.03. The van der Waals surface area contributed by atoms with Crippen molar-refractivity contribution in [2.45, 2.75) is 19.8 Å². The maximum absolute atomic E-state index is 10.9. The number of carboxylic acids is 1. The molecule has 4 heteroatoms. The minimum absolute atomic E-state index is 0.123. The fraction of sp³-hybridized carbons (Fsp3) is 0.200. The van der Waals surface area contributed by atoms with Crippen molar-refractivity contribution in [3.05, 3.63) is 52.2 Å². The van der Waals surface area contributed by atoms with Gasteiger partial charge >= 0.3 is 5.97 Å². The summed E-state index contributed by atoms with van der Waals surface area (Å²) in [7, 11) is 0. The largest absolute Gasteiger partial charge is 0.478 e. The maximum Gasteiger partial charge on any atom is 0.338 e. The molecule has 3 nitrogen and oxygen atoms in total. The SMILES string of the molecule is CC(C)c1ccc(-c2ccc(C(=O)O)c(=S)[nH]2)cc1. The Kier molecular flexibility index (Phi) is 3.81. The maximum atomic E-state index is 10.9. The average Bonchev–Trinajstić information content (AvgIpc) is 2.38. The van der Waals surface area contributed by atoms with E-state index in [9.17, 15) is 4.79 Å². The highest BCUT2D eigenvalue weighted by molar-refractivity contribution is 7.71. The van der Waals surface area contributed by atoms with Gasteiger partial charge in [-0.05, 0) is 29.2 Å². The number of H-pyrrole nitrogens is 1. The van der Waals surface area contributed by atoms with Crippen LogP contribution in [0.15, 0.2) is 36.4 Å². The van der Waals surface area contributed by atoms with E-state index in [1.54, 1.807) is 6.07 Å². The van der Waals surface area contributed by atoms with Gasteiger partial charge in [-0.15, -0.1) is 0 Å². The van der Waals surface area contributed by atoms with E-state index in [1.807, 2.05) is 12.1 Å². The van der Waals surface area contributed by atoms with Crippen molar-refractivity contribution in [3.8, 4) is 11.3 Å². The highest BCUT2D eigenvalue weighted by Crippen LogP contribution is 2.21. The van der Waals surface area contributed by atoms with Crippen LogP contribution >= 0.6 is 12.2 Å². The van der Waals surface area contributed by atoms with Crippen molar-refractivity contribution in [2.75, 3.05) is 0 Å². The molecule has 0 fully saturated rings. The Morgan fingerprint density at radius 1 is 1.16 bits per heavy atom. The first-order valence-corrected chi connectivity index (χ1v) is 6.47. The lowest BCUT2D eigenvalue weighted by Crippen LogP contribution is -1.99. The Morgan fingerprint density at radius 3 is 2.26 bits per heavy atom. The van der Waals surface area contributed by atoms with Gasteiger partial charge in [-0.25, -0.2) is 4.79 Å². The molecule has 0 spiro atoms. The molecule has 2 N–H and O–H groups in total. The summed E-state index contributed by atoms with van der Waals surface area (Å²) in [6.07, 6.45) is 0. The van der Waals surface area contributed by atoms with E-state index in [-0.39, 0.29) is 10.2 Å². The normalized spacial score (nSPS) is 10.7. The molecule has 0 aliphatic rings. The van der Waals surface area contributed by atoms with Gasteiger partial charge < -0.3 is 10.1 Å². The first-order chi connectivity index (χ1) is 8.99. The monoisotopic (exact) mass is 273 g/mol. The van der Waals surface area contributed by atoms with Gasteiger partial charge in [-0.3, -0.25) is 0 Å². The van der Waals surface area contributed by atoms with Gasteiger partial charge in [0.25, 0.3) is 0 Å². The molecular weight excluding hydrogens is 258 g/mol. The van der Waals surface area contributed by atoms with Crippen LogP contribution in [0.25, 0.3) is 11.3 Å². The van der Waals surface area contributed by atoms with Gasteiger partial charge in [0.2, 0.25) is 0 Å². The number of aromatic amines is 1. The van der Waals surface area contributed by atoms with Crippen molar-refractivity contribution >= 4 is 18.2 Å². The van der Waals surface area contributed by atoms with Crippen LogP contribution in [-0.4, -0.2) is 16.1 Å². The van der Waals surface area contributed by atoms with Gasteiger partial charge in [0.15, 0.2) is 0 Å². The lowest BCUT2D eigenvalue weighted by molar-refractivity contribution is 0.0696. The van der Waals surface area contributed by atoms with Crippen LogP contribution < -0.4 is 0 Å². The molecule has 0 amide bonds. The molecule has 0 saturated heterocycles. The number of aromatic nitrogens is 1. The zero-order chi connectivity index (χ0) is 14.0. The molecule has 19 heavy (non-hydrogen) atoms. The number of aromatic carboxylic acids is 1. The molecule has 0 atom stereocenters. The first-order valence-electron chi connectivity index (χ1n) is 6.06. The number of nitrogens with one attached hydrogen (secondary N) is 1. The highest BCUT2D eigenvalue weighted by atomic mass is 32.1. The fourth-order valence-corrected chi connectivity index (χ4v) is 2.12. The van der Waals surface area contributed by atoms with Crippen molar-refractivity contribution in [1.82, 2.24) is 4.98 Å². The molecule has 2 aromatic rings. The van der Waals surface area contributed by atoms with Crippen LogP contribution in [-0.2, 0) is 0 Å². The topological polar surface area (TPSA) is 53.1 Å². The Hall–Kier alpha value is -1.94. The van der Waals surface area contributed by atoms with Crippen molar-refractivity contribution in [2.24, 2.45) is 0 Å². The molecule has 0 aliphatic carbocycles. The second kappa shape index (κ2) is 5.36. The average molecular weight is 273 g/mol. The van der Waals surface area contributed by atoms with Gasteiger partial charge in [-0.2, -0.15) is 0 Å². The third-order valence-corrected chi connectivity index (χ3v) is 3.35. The van der Waals surface area contributed by atoms with E-state index in [0.717, 1.165) is 11.3 Å². The van der Waals surface area contributed by atoms with Crippen LogP contribution in [0, 0.1) is 4.64 Å². The number of pyridine rings is 1. The summed E-state index contributed by atoms with van der Waals surface area (Å²) in [5.41, 5.74) is 3.21. The standard InChI is InChI=1S/C15H15NO2S/c1-9(2)10-3-5-11(6-4-10)13-8-7-12(15(17)18)14(19)16-13/h3-9H,1-2H3,(H,16,19)(H,17,18). The Bertz CT molecular complexity index is 657. The molecule has 0 bridgehead atoms. The van der Waals surface area contributed by atoms with Crippen molar-refractivity contribution in [3.63, 3.8) is 0 Å². The number of hydrogen-bond donors (Lipinski definition) is 2. The zero-order valence-corrected chi connectivity index (χ0v) is 11.6. The van der Waals surface area contributed by atoms with E-state index in [0.29, 0.717) is 5.92 Å². The summed E-state index contributed by atoms with van der Waals surface area (Å²) < 4.78 is 0.248. The van der Waals surface area contributed by atoms with Crippen LogP contribution in [0.2, 0.25) is 0 Å². The summed E-state index contributed by atoms with van der Waals surface area (Å²) in [5, 5.41) is 8.94. The number of carboxylic acid groups (broad SMARTS) is 1. The number of rotatable bonds is 3. The van der Waals surface area contributed by atoms with Crippen LogP contribution in [0.5, 0.6) is 0 Å². The lowest BCUT2D eigenvalue weighted by atomic mass is 10.0. The number of carbonyl (C=O) groups is 1. The molecule has 1 aromatic heterocycles. The molecule has 1 heterocycles. The van der Waals surface area contributed by atoms with Gasteiger partial charge in [0.05, 0.1) is 5.56 Å². The quantitative estimate of drug-likeness (QED) is 0.823. The summed E-state index contributed by atoms with van der Waals surface area (Å²) in [6, 6.07) is 11.4. The minimum atomic E-state index is -1.01. The second-order valence-electron chi connectivity index (χ2n) is 4.70. The molecule has 0 aliphatic heterocycles. The van der Waals surface area contributed by atoms with Gasteiger partial charge in [-0.1, -0.05) is 50.3 Å². The molecule has 98 valence electrons. The Morgan fingerprint density at radius 2 is 1.79 bits per heavy atom. The molecule has 2 rings (SSSR count). The molecule has 0 radical (unpaired) electrons. The minimum Gasteiger partial charge on any atom is -0.478 e. The number of benzene rings is 1. The first kappa shape index (κ1) is 13.5. The van der Waals surface area contributed by atoms with Crippen LogP contribution in [0.3, 0.4) is 0 Å². The Balaban J connectivity index is 2.40. The second-order valence-corrected chi connectivity index (χ2v) is 5.10. The third kappa shape index (κ3) is 2.90. The van der Waals surface area contributed by atoms with E-state index >= 15 is 0 Å². The smallest absolute Gasteiger partial charge is 0.338 e. The molecule has 0 saturated carbocycles. The van der Waals surface area contributed by atoms with E-state index in [4.69, 9.17) is 17.3 Å². The van der Waals surface area contributed by atoms with E-state index in [1.165, 1.54) is 11.6 Å². The van der Waals surface area contributed by atoms with Crippen LogP contribution in [0.1, 0.15) is 35.7 Å². The molecule has 0 unspecified atom stereocenters. The van der Waals surface area contributed by atoms with Gasteiger partial charge in [0, 0.05) is 5.69 Å². The zero-order valence-electron chi connectivity index (χ0n) is 10.8. The van der Waals surface area contributed by atoms with Crippen molar-refractivity contribution < 1.29 is 9.90 Å². The van der Waals surface area contributed by atoms with Crippen molar-refractivity contribution in [1.29, 1.82) is 0 Å².